The fraction of sp³-hybridized carbons (Fsp3) is 0.150. The zero-order valence-electron chi connectivity index (χ0n) is 14.6. The maximum Gasteiger partial charge on any atom is 0.158 e. The topological polar surface area (TPSA) is 59.9 Å². The molecule has 0 amide bonds. The van der Waals surface area contributed by atoms with Crippen LogP contribution >= 0.6 is 22.9 Å². The van der Waals surface area contributed by atoms with Gasteiger partial charge in [0.2, 0.25) is 0 Å². The van der Waals surface area contributed by atoms with E-state index in [4.69, 9.17) is 21.3 Å². The lowest BCUT2D eigenvalue weighted by molar-refractivity contribution is 0.178. The summed E-state index contributed by atoms with van der Waals surface area (Å²) in [4.78, 5) is 14.4. The molecule has 3 aromatic heterocycles. The van der Waals surface area contributed by atoms with Crippen LogP contribution in [-0.2, 0) is 17.9 Å². The largest absolute Gasteiger partial charge is 0.377 e. The van der Waals surface area contributed by atoms with Gasteiger partial charge in [-0.2, -0.15) is 0 Å². The highest BCUT2D eigenvalue weighted by Gasteiger charge is 2.15. The average molecular weight is 397 g/mol. The van der Waals surface area contributed by atoms with Crippen LogP contribution in [0.2, 0.25) is 5.15 Å². The Morgan fingerprint density at radius 2 is 1.96 bits per heavy atom. The van der Waals surface area contributed by atoms with Gasteiger partial charge < -0.3 is 10.1 Å². The van der Waals surface area contributed by atoms with Crippen molar-refractivity contribution in [3.8, 4) is 11.1 Å². The molecule has 5 nitrogen and oxygen atoms in total. The molecule has 1 aromatic carbocycles. The van der Waals surface area contributed by atoms with Crippen molar-refractivity contribution in [2.24, 2.45) is 0 Å². The molecule has 0 atom stereocenters. The summed E-state index contributed by atoms with van der Waals surface area (Å²) in [6.45, 7) is 0.957. The number of pyridine rings is 1. The summed E-state index contributed by atoms with van der Waals surface area (Å²) in [5.41, 5.74) is 3.29. The molecule has 0 unspecified atom stereocenters. The van der Waals surface area contributed by atoms with Gasteiger partial charge in [-0.15, -0.1) is 11.3 Å². The van der Waals surface area contributed by atoms with Crippen molar-refractivity contribution in [2.75, 3.05) is 12.4 Å². The summed E-state index contributed by atoms with van der Waals surface area (Å²) in [5, 5.41) is 7.06. The molecule has 0 aliphatic rings. The minimum absolute atomic E-state index is 0.367. The van der Waals surface area contributed by atoms with Crippen LogP contribution in [0.25, 0.3) is 21.3 Å². The number of nitrogens with zero attached hydrogens (tertiary/aromatic N) is 3. The maximum atomic E-state index is 5.87. The van der Waals surface area contributed by atoms with Crippen LogP contribution in [0.4, 0.5) is 5.82 Å². The molecule has 136 valence electrons. The molecule has 0 aliphatic heterocycles. The SMILES string of the molecule is COCc1nc(NCc2ccc(Cl)nc2)c2c(-c3ccccc3)csc2n1. The number of rotatable bonds is 6. The van der Waals surface area contributed by atoms with E-state index >= 15 is 0 Å². The van der Waals surface area contributed by atoms with Crippen molar-refractivity contribution in [1.29, 1.82) is 0 Å². The first-order valence-corrected chi connectivity index (χ1v) is 9.67. The van der Waals surface area contributed by atoms with Crippen LogP contribution < -0.4 is 5.32 Å². The highest BCUT2D eigenvalue weighted by atomic mass is 35.5. The van der Waals surface area contributed by atoms with Crippen LogP contribution in [0.5, 0.6) is 0 Å². The van der Waals surface area contributed by atoms with Crippen LogP contribution in [-0.4, -0.2) is 22.1 Å². The molecule has 3 heterocycles. The van der Waals surface area contributed by atoms with Crippen molar-refractivity contribution in [2.45, 2.75) is 13.2 Å². The summed E-state index contributed by atoms with van der Waals surface area (Å²) in [6.07, 6.45) is 1.76. The van der Waals surface area contributed by atoms with E-state index < -0.39 is 0 Å². The van der Waals surface area contributed by atoms with Crippen LogP contribution in [0, 0.1) is 0 Å². The lowest BCUT2D eigenvalue weighted by Crippen LogP contribution is -2.06. The molecular formula is C20H17ClN4OS. The van der Waals surface area contributed by atoms with Crippen molar-refractivity contribution in [1.82, 2.24) is 15.0 Å². The molecule has 0 radical (unpaired) electrons. The summed E-state index contributed by atoms with van der Waals surface area (Å²) in [6, 6.07) is 14.0. The van der Waals surface area contributed by atoms with E-state index in [-0.39, 0.29) is 0 Å². The van der Waals surface area contributed by atoms with Crippen molar-refractivity contribution in [3.05, 3.63) is 70.6 Å². The fourth-order valence-corrected chi connectivity index (χ4v) is 3.91. The highest BCUT2D eigenvalue weighted by Crippen LogP contribution is 2.37. The molecule has 0 bridgehead atoms. The minimum atomic E-state index is 0.367. The van der Waals surface area contributed by atoms with Gasteiger partial charge in [-0.3, -0.25) is 0 Å². The van der Waals surface area contributed by atoms with Gasteiger partial charge in [-0.1, -0.05) is 48.0 Å². The Hall–Kier alpha value is -2.54. The average Bonchev–Trinajstić information content (AvgIpc) is 3.12. The van der Waals surface area contributed by atoms with Crippen molar-refractivity contribution >= 4 is 39.0 Å². The van der Waals surface area contributed by atoms with E-state index in [1.807, 2.05) is 24.3 Å². The van der Waals surface area contributed by atoms with Gasteiger partial charge in [-0.05, 0) is 17.2 Å². The zero-order valence-corrected chi connectivity index (χ0v) is 16.2. The van der Waals surface area contributed by atoms with Crippen LogP contribution in [0.15, 0.2) is 54.0 Å². The number of fused-ring (bicyclic) bond motifs is 1. The molecule has 0 aliphatic carbocycles. The molecule has 1 N–H and O–H groups in total. The molecule has 4 aromatic rings. The van der Waals surface area contributed by atoms with E-state index in [1.54, 1.807) is 30.7 Å². The third kappa shape index (κ3) is 3.93. The summed E-state index contributed by atoms with van der Waals surface area (Å²) >= 11 is 7.48. The van der Waals surface area contributed by atoms with Gasteiger partial charge in [0.15, 0.2) is 5.82 Å². The van der Waals surface area contributed by atoms with Crippen molar-refractivity contribution in [3.63, 3.8) is 0 Å². The monoisotopic (exact) mass is 396 g/mol. The van der Waals surface area contributed by atoms with E-state index in [9.17, 15) is 0 Å². The highest BCUT2D eigenvalue weighted by molar-refractivity contribution is 7.17. The number of hydrogen-bond acceptors (Lipinski definition) is 6. The first-order valence-electron chi connectivity index (χ1n) is 8.41. The molecule has 0 saturated heterocycles. The van der Waals surface area contributed by atoms with E-state index in [2.05, 4.69) is 32.8 Å². The van der Waals surface area contributed by atoms with E-state index in [0.717, 1.165) is 32.7 Å². The maximum absolute atomic E-state index is 5.87. The Kier molecular flexibility index (Phi) is 5.29. The molecule has 0 saturated carbocycles. The summed E-state index contributed by atoms with van der Waals surface area (Å²) in [5.74, 6) is 1.45. The Morgan fingerprint density at radius 1 is 1.11 bits per heavy atom. The Labute approximate surface area is 166 Å². The Bertz CT molecular complexity index is 1050. The second kappa shape index (κ2) is 8.00. The number of benzene rings is 1. The molecule has 4 rings (SSSR count). The number of anilines is 1. The van der Waals surface area contributed by atoms with Gasteiger partial charge in [-0.25, -0.2) is 15.0 Å². The standard InChI is InChI=1S/C20H17ClN4OS/c1-26-11-17-24-19(23-10-13-7-8-16(21)22-9-13)18-15(12-27-20(18)25-17)14-5-3-2-4-6-14/h2-9,12H,10-11H2,1H3,(H,23,24,25). The Balaban J connectivity index is 1.75. The first-order chi connectivity index (χ1) is 13.2. The van der Waals surface area contributed by atoms with Gasteiger partial charge in [0.1, 0.15) is 22.4 Å². The number of thiophene rings is 1. The summed E-state index contributed by atoms with van der Waals surface area (Å²) < 4.78 is 5.23. The van der Waals surface area contributed by atoms with Gasteiger partial charge in [0, 0.05) is 30.8 Å². The quantitative estimate of drug-likeness (QED) is 0.456. The van der Waals surface area contributed by atoms with Gasteiger partial charge in [0.05, 0.1) is 5.39 Å². The lowest BCUT2D eigenvalue weighted by Gasteiger charge is -2.10. The number of methoxy groups -OCH3 is 1. The Morgan fingerprint density at radius 3 is 2.70 bits per heavy atom. The molecular weight excluding hydrogens is 380 g/mol. The fourth-order valence-electron chi connectivity index (χ4n) is 2.83. The van der Waals surface area contributed by atoms with Gasteiger partial charge in [0.25, 0.3) is 0 Å². The number of hydrogen-bond donors (Lipinski definition) is 1. The second-order valence-electron chi connectivity index (χ2n) is 5.96. The number of halogens is 1. The number of ether oxygens (including phenoxy) is 1. The normalized spacial score (nSPS) is 11.0. The number of nitrogens with one attached hydrogen (secondary N) is 1. The number of aromatic nitrogens is 3. The molecule has 7 heteroatoms. The second-order valence-corrected chi connectivity index (χ2v) is 7.21. The van der Waals surface area contributed by atoms with E-state index in [1.165, 1.54) is 0 Å². The smallest absolute Gasteiger partial charge is 0.158 e. The lowest BCUT2D eigenvalue weighted by atomic mass is 10.1. The molecule has 0 fully saturated rings. The molecule has 0 spiro atoms. The zero-order chi connectivity index (χ0) is 18.6. The predicted molar refractivity (Wildman–Crippen MR) is 110 cm³/mol. The predicted octanol–water partition coefficient (Wildman–Crippen LogP) is 5.17. The third-order valence-electron chi connectivity index (χ3n) is 4.09. The van der Waals surface area contributed by atoms with Crippen LogP contribution in [0.3, 0.4) is 0 Å². The third-order valence-corrected chi connectivity index (χ3v) is 5.18. The van der Waals surface area contributed by atoms with E-state index in [0.29, 0.717) is 24.1 Å². The summed E-state index contributed by atoms with van der Waals surface area (Å²) in [7, 11) is 1.64. The van der Waals surface area contributed by atoms with Crippen LogP contribution in [0.1, 0.15) is 11.4 Å². The van der Waals surface area contributed by atoms with Gasteiger partial charge >= 0.3 is 0 Å². The minimum Gasteiger partial charge on any atom is -0.377 e. The van der Waals surface area contributed by atoms with Crippen molar-refractivity contribution < 1.29 is 4.74 Å². The first kappa shape index (κ1) is 17.9. The molecule has 27 heavy (non-hydrogen) atoms.